The Labute approximate surface area is 151 Å². The lowest BCUT2D eigenvalue weighted by Gasteiger charge is -2.19. The summed E-state index contributed by atoms with van der Waals surface area (Å²) in [6.45, 7) is 3.93. The van der Waals surface area contributed by atoms with Gasteiger partial charge in [-0.3, -0.25) is 9.52 Å². The van der Waals surface area contributed by atoms with E-state index in [0.29, 0.717) is 17.8 Å². The Morgan fingerprint density at radius 3 is 2.54 bits per heavy atom. The molecule has 0 saturated carbocycles. The van der Waals surface area contributed by atoms with Gasteiger partial charge >= 0.3 is 0 Å². The number of rotatable bonds is 6. The second kappa shape index (κ2) is 7.98. The molecule has 1 aromatic carbocycles. The summed E-state index contributed by atoms with van der Waals surface area (Å²) in [7, 11) is -3.63. The summed E-state index contributed by atoms with van der Waals surface area (Å²) in [4.78, 5) is 12.1. The number of amides is 1. The van der Waals surface area contributed by atoms with Crippen LogP contribution in [0.15, 0.2) is 46.0 Å². The van der Waals surface area contributed by atoms with Crippen LogP contribution in [0.25, 0.3) is 0 Å². The summed E-state index contributed by atoms with van der Waals surface area (Å²) in [5.41, 5.74) is 6.00. The Bertz CT molecular complexity index is 785. The van der Waals surface area contributed by atoms with Crippen LogP contribution in [0.2, 0.25) is 0 Å². The van der Waals surface area contributed by atoms with Crippen molar-refractivity contribution in [3.05, 3.63) is 47.3 Å². The zero-order chi connectivity index (χ0) is 17.1. The lowest BCUT2D eigenvalue weighted by atomic mass is 10.1. The fourth-order valence-corrected chi connectivity index (χ4v) is 3.80. The van der Waals surface area contributed by atoms with Crippen molar-refractivity contribution in [1.82, 2.24) is 5.32 Å². The van der Waals surface area contributed by atoms with Crippen molar-refractivity contribution in [2.24, 2.45) is 5.73 Å². The van der Waals surface area contributed by atoms with Gasteiger partial charge in [-0.2, -0.15) is 0 Å². The van der Waals surface area contributed by atoms with Gasteiger partial charge in [-0.1, -0.05) is 12.1 Å². The molecule has 4 N–H and O–H groups in total. The molecule has 2 aromatic rings. The zero-order valence-electron chi connectivity index (χ0n) is 13.3. The molecule has 0 unspecified atom stereocenters. The van der Waals surface area contributed by atoms with Crippen LogP contribution in [0, 0.1) is 0 Å². The van der Waals surface area contributed by atoms with Gasteiger partial charge in [-0.05, 0) is 43.5 Å². The maximum absolute atomic E-state index is 12.2. The highest BCUT2D eigenvalue weighted by molar-refractivity contribution is 7.94. The molecule has 1 aromatic heterocycles. The molecular formula is C15H20ClN3O3S2. The van der Waals surface area contributed by atoms with Crippen molar-refractivity contribution in [2.45, 2.75) is 23.6 Å². The van der Waals surface area contributed by atoms with Crippen LogP contribution >= 0.6 is 23.7 Å². The van der Waals surface area contributed by atoms with E-state index in [1.54, 1.807) is 43.5 Å². The summed E-state index contributed by atoms with van der Waals surface area (Å²) in [6, 6.07) is 9.50. The monoisotopic (exact) mass is 389 g/mol. The van der Waals surface area contributed by atoms with Gasteiger partial charge in [0.15, 0.2) is 0 Å². The number of anilines is 1. The first-order valence-electron chi connectivity index (χ1n) is 6.91. The van der Waals surface area contributed by atoms with Gasteiger partial charge in [-0.25, -0.2) is 8.42 Å². The molecule has 0 aliphatic heterocycles. The second-order valence-electron chi connectivity index (χ2n) is 5.79. The maximum atomic E-state index is 12.2. The molecule has 132 valence electrons. The second-order valence-corrected chi connectivity index (χ2v) is 8.65. The quantitative estimate of drug-likeness (QED) is 0.706. The summed E-state index contributed by atoms with van der Waals surface area (Å²) >= 11 is 1.13. The minimum atomic E-state index is -3.63. The number of benzene rings is 1. The molecule has 0 atom stereocenters. The number of carbonyl (C=O) groups is 1. The Hall–Kier alpha value is -1.61. The van der Waals surface area contributed by atoms with E-state index < -0.39 is 15.6 Å². The van der Waals surface area contributed by atoms with Gasteiger partial charge in [-0.15, -0.1) is 23.7 Å². The Morgan fingerprint density at radius 1 is 1.25 bits per heavy atom. The number of thiophene rings is 1. The average molecular weight is 390 g/mol. The number of carbonyl (C=O) groups excluding carboxylic acids is 1. The topological polar surface area (TPSA) is 101 Å². The van der Waals surface area contributed by atoms with E-state index in [1.807, 2.05) is 0 Å². The molecular weight excluding hydrogens is 370 g/mol. The number of halogens is 1. The first-order valence-corrected chi connectivity index (χ1v) is 9.27. The average Bonchev–Trinajstić information content (AvgIpc) is 2.99. The molecule has 0 saturated heterocycles. The summed E-state index contributed by atoms with van der Waals surface area (Å²) in [5.74, 6) is -0.305. The van der Waals surface area contributed by atoms with Crippen LogP contribution in [0.1, 0.15) is 24.2 Å². The smallest absolute Gasteiger partial charge is 0.271 e. The van der Waals surface area contributed by atoms with Crippen LogP contribution in [-0.4, -0.2) is 26.4 Å². The number of sulfonamides is 1. The van der Waals surface area contributed by atoms with Crippen molar-refractivity contribution in [2.75, 3.05) is 11.3 Å². The van der Waals surface area contributed by atoms with Crippen molar-refractivity contribution in [1.29, 1.82) is 0 Å². The van der Waals surface area contributed by atoms with Gasteiger partial charge in [0, 0.05) is 23.3 Å². The predicted molar refractivity (Wildman–Crippen MR) is 99.4 cm³/mol. The molecule has 0 bridgehead atoms. The van der Waals surface area contributed by atoms with Gasteiger partial charge < -0.3 is 11.1 Å². The Balaban J connectivity index is 0.00000288. The van der Waals surface area contributed by atoms with E-state index in [2.05, 4.69) is 10.0 Å². The third kappa shape index (κ3) is 5.79. The van der Waals surface area contributed by atoms with E-state index in [4.69, 9.17) is 5.73 Å². The molecule has 0 fully saturated rings. The number of nitrogens with two attached hydrogens (primary N) is 1. The van der Waals surface area contributed by atoms with E-state index in [-0.39, 0.29) is 22.5 Å². The van der Waals surface area contributed by atoms with E-state index in [1.165, 1.54) is 12.1 Å². The minimum absolute atomic E-state index is 0. The predicted octanol–water partition coefficient (Wildman–Crippen LogP) is 2.44. The van der Waals surface area contributed by atoms with Gasteiger partial charge in [0.25, 0.3) is 15.9 Å². The first kappa shape index (κ1) is 20.4. The fraction of sp³-hybridized carbons (Fsp3) is 0.267. The summed E-state index contributed by atoms with van der Waals surface area (Å²) < 4.78 is 27.1. The Kier molecular flexibility index (Phi) is 6.79. The number of hydrogen-bond donors (Lipinski definition) is 3. The number of hydrogen-bond acceptors (Lipinski definition) is 5. The molecule has 9 heteroatoms. The van der Waals surface area contributed by atoms with Crippen LogP contribution in [-0.2, 0) is 10.0 Å². The molecule has 0 radical (unpaired) electrons. The van der Waals surface area contributed by atoms with Crippen molar-refractivity contribution < 1.29 is 13.2 Å². The minimum Gasteiger partial charge on any atom is -0.350 e. The maximum Gasteiger partial charge on any atom is 0.271 e. The molecule has 24 heavy (non-hydrogen) atoms. The van der Waals surface area contributed by atoms with Crippen LogP contribution in [0.5, 0.6) is 0 Å². The van der Waals surface area contributed by atoms with Crippen molar-refractivity contribution in [3.63, 3.8) is 0 Å². The van der Waals surface area contributed by atoms with E-state index in [0.717, 1.165) is 11.3 Å². The summed E-state index contributed by atoms with van der Waals surface area (Å²) in [5, 5.41) is 4.40. The lowest BCUT2D eigenvalue weighted by Crippen LogP contribution is -2.45. The van der Waals surface area contributed by atoms with Gasteiger partial charge in [0.05, 0.1) is 0 Å². The van der Waals surface area contributed by atoms with Crippen LogP contribution in [0.4, 0.5) is 5.69 Å². The van der Waals surface area contributed by atoms with E-state index in [9.17, 15) is 13.2 Å². The molecule has 1 heterocycles. The van der Waals surface area contributed by atoms with Crippen molar-refractivity contribution in [3.8, 4) is 0 Å². The largest absolute Gasteiger partial charge is 0.350 e. The molecule has 0 spiro atoms. The lowest BCUT2D eigenvalue weighted by molar-refractivity contribution is 0.0946. The molecule has 6 nitrogen and oxygen atoms in total. The van der Waals surface area contributed by atoms with Crippen LogP contribution in [0.3, 0.4) is 0 Å². The Morgan fingerprint density at radius 2 is 1.96 bits per heavy atom. The highest BCUT2D eigenvalue weighted by Crippen LogP contribution is 2.20. The molecule has 2 rings (SSSR count). The molecule has 1 amide bonds. The molecule has 0 aliphatic carbocycles. The summed E-state index contributed by atoms with van der Waals surface area (Å²) in [6.07, 6.45) is 0. The van der Waals surface area contributed by atoms with E-state index >= 15 is 0 Å². The fourth-order valence-electron chi connectivity index (χ4n) is 1.76. The highest BCUT2D eigenvalue weighted by atomic mass is 35.5. The normalized spacial score (nSPS) is 11.5. The standard InChI is InChI=1S/C15H19N3O3S2.ClH/c1-15(2,16)10-17-14(19)11-5-3-6-12(9-11)18-23(20,21)13-7-4-8-22-13;/h3-9,18H,10,16H2,1-2H3,(H,17,19);1H. The third-order valence-electron chi connectivity index (χ3n) is 2.84. The highest BCUT2D eigenvalue weighted by Gasteiger charge is 2.17. The zero-order valence-corrected chi connectivity index (χ0v) is 15.7. The number of nitrogens with one attached hydrogen (secondary N) is 2. The SMILES string of the molecule is CC(C)(N)CNC(=O)c1cccc(NS(=O)(=O)c2cccs2)c1.Cl. The molecule has 0 aliphatic rings. The van der Waals surface area contributed by atoms with Crippen molar-refractivity contribution >= 4 is 45.4 Å². The first-order chi connectivity index (χ1) is 10.7. The third-order valence-corrected chi connectivity index (χ3v) is 5.62. The van der Waals surface area contributed by atoms with Crippen LogP contribution < -0.4 is 15.8 Å². The van der Waals surface area contributed by atoms with Gasteiger partial charge in [0.1, 0.15) is 4.21 Å². The van der Waals surface area contributed by atoms with Gasteiger partial charge in [0.2, 0.25) is 0 Å².